The van der Waals surface area contributed by atoms with Gasteiger partial charge in [0, 0.05) is 13.1 Å². The van der Waals surface area contributed by atoms with E-state index in [1.54, 1.807) is 6.92 Å². The van der Waals surface area contributed by atoms with E-state index in [9.17, 15) is 18.0 Å². The van der Waals surface area contributed by atoms with Gasteiger partial charge < -0.3 is 10.1 Å². The zero-order valence-corrected chi connectivity index (χ0v) is 12.4. The van der Waals surface area contributed by atoms with E-state index in [1.807, 2.05) is 31.0 Å². The van der Waals surface area contributed by atoms with Crippen molar-refractivity contribution in [3.05, 3.63) is 0 Å². The van der Waals surface area contributed by atoms with E-state index >= 15 is 0 Å². The molecule has 20 heavy (non-hydrogen) atoms. The van der Waals surface area contributed by atoms with Crippen molar-refractivity contribution < 1.29 is 22.7 Å². The number of rotatable bonds is 3. The van der Waals surface area contributed by atoms with Crippen molar-refractivity contribution in [3.8, 4) is 0 Å². The van der Waals surface area contributed by atoms with Crippen molar-refractivity contribution in [3.63, 3.8) is 0 Å². The van der Waals surface area contributed by atoms with Crippen LogP contribution >= 0.6 is 0 Å². The number of amides is 1. The van der Waals surface area contributed by atoms with E-state index < -0.39 is 24.7 Å². The Labute approximate surface area is 117 Å². The summed E-state index contributed by atoms with van der Waals surface area (Å²) >= 11 is 0. The third-order valence-electron chi connectivity index (χ3n) is 3.45. The molecular weight excluding hydrogens is 273 g/mol. The van der Waals surface area contributed by atoms with E-state index in [1.165, 1.54) is 0 Å². The molecule has 7 heteroatoms. The summed E-state index contributed by atoms with van der Waals surface area (Å²) in [5, 5.41) is 1.93. The highest BCUT2D eigenvalue weighted by atomic mass is 19.4. The molecule has 1 aliphatic heterocycles. The molecule has 0 radical (unpaired) electrons. The maximum absolute atomic E-state index is 12.1. The number of carbonyl (C=O) groups is 1. The van der Waals surface area contributed by atoms with Gasteiger partial charge in [0.1, 0.15) is 6.54 Å². The molecule has 0 spiro atoms. The topological polar surface area (TPSA) is 41.6 Å². The smallest absolute Gasteiger partial charge is 0.375 e. The minimum absolute atomic E-state index is 0.0332. The zero-order valence-electron chi connectivity index (χ0n) is 12.4. The molecule has 2 atom stereocenters. The van der Waals surface area contributed by atoms with Crippen molar-refractivity contribution in [2.24, 2.45) is 5.41 Å². The molecule has 0 aromatic rings. The van der Waals surface area contributed by atoms with Gasteiger partial charge in [0.05, 0.1) is 18.8 Å². The van der Waals surface area contributed by atoms with Gasteiger partial charge in [0.15, 0.2) is 0 Å². The van der Waals surface area contributed by atoms with Gasteiger partial charge >= 0.3 is 6.18 Å². The third-order valence-corrected chi connectivity index (χ3v) is 3.45. The molecule has 118 valence electrons. The van der Waals surface area contributed by atoms with E-state index in [0.29, 0.717) is 19.7 Å². The first-order valence-electron chi connectivity index (χ1n) is 6.71. The Morgan fingerprint density at radius 2 is 2.00 bits per heavy atom. The van der Waals surface area contributed by atoms with Crippen molar-refractivity contribution in [2.75, 3.05) is 26.2 Å². The quantitative estimate of drug-likeness (QED) is 0.863. The van der Waals surface area contributed by atoms with Gasteiger partial charge in [0.2, 0.25) is 5.91 Å². The van der Waals surface area contributed by atoms with Gasteiger partial charge in [-0.05, 0) is 12.3 Å². The van der Waals surface area contributed by atoms with Crippen LogP contribution in [0.2, 0.25) is 0 Å². The van der Waals surface area contributed by atoms with Gasteiger partial charge in [-0.25, -0.2) is 0 Å². The standard InChI is InChI=1S/C13H23F3N2O2/c1-9(11(19)17-8-13(14,15)16)18-5-6-20-10(7-18)12(2,3)4/h9-10H,5-8H2,1-4H3,(H,17,19)/t9-,10-/m0/s1. The first-order chi connectivity index (χ1) is 9.00. The predicted octanol–water partition coefficient (Wildman–Crippen LogP) is 1.80. The molecule has 0 saturated carbocycles. The molecule has 1 amide bonds. The summed E-state index contributed by atoms with van der Waals surface area (Å²) in [6, 6.07) is -0.592. The van der Waals surface area contributed by atoms with Gasteiger partial charge in [-0.2, -0.15) is 13.2 Å². The molecule has 4 nitrogen and oxygen atoms in total. The molecule has 0 aromatic carbocycles. The van der Waals surface area contributed by atoms with Crippen molar-refractivity contribution in [2.45, 2.75) is 46.0 Å². The number of hydrogen-bond acceptors (Lipinski definition) is 3. The Bertz CT molecular complexity index is 339. The fourth-order valence-electron chi connectivity index (χ4n) is 2.05. The average molecular weight is 296 g/mol. The number of carbonyl (C=O) groups excluding carboxylic acids is 1. The average Bonchev–Trinajstić information content (AvgIpc) is 2.33. The maximum Gasteiger partial charge on any atom is 0.405 e. The summed E-state index contributed by atoms with van der Waals surface area (Å²) in [6.07, 6.45) is -4.41. The lowest BCUT2D eigenvalue weighted by Crippen LogP contribution is -2.55. The van der Waals surface area contributed by atoms with Gasteiger partial charge in [0.25, 0.3) is 0 Å². The summed E-state index contributed by atoms with van der Waals surface area (Å²) in [7, 11) is 0. The first kappa shape index (κ1) is 17.2. The number of ether oxygens (including phenoxy) is 1. The van der Waals surface area contributed by atoms with Crippen molar-refractivity contribution >= 4 is 5.91 Å². The van der Waals surface area contributed by atoms with E-state index in [4.69, 9.17) is 4.74 Å². The fourth-order valence-corrected chi connectivity index (χ4v) is 2.05. The molecule has 0 aromatic heterocycles. The largest absolute Gasteiger partial charge is 0.405 e. The van der Waals surface area contributed by atoms with Gasteiger partial charge in [-0.15, -0.1) is 0 Å². The Morgan fingerprint density at radius 1 is 1.40 bits per heavy atom. The second-order valence-electron chi connectivity index (χ2n) is 6.23. The van der Waals surface area contributed by atoms with Gasteiger partial charge in [-0.3, -0.25) is 9.69 Å². The molecule has 1 saturated heterocycles. The lowest BCUT2D eigenvalue weighted by Gasteiger charge is -2.41. The van der Waals surface area contributed by atoms with E-state index in [-0.39, 0.29) is 11.5 Å². The number of hydrogen-bond donors (Lipinski definition) is 1. The molecule has 1 aliphatic rings. The van der Waals surface area contributed by atoms with Crippen LogP contribution in [-0.2, 0) is 9.53 Å². The summed E-state index contributed by atoms with van der Waals surface area (Å²) in [4.78, 5) is 13.6. The predicted molar refractivity (Wildman–Crippen MR) is 69.3 cm³/mol. The highest BCUT2D eigenvalue weighted by Crippen LogP contribution is 2.26. The number of alkyl halides is 3. The number of nitrogens with zero attached hydrogens (tertiary/aromatic N) is 1. The molecular formula is C13H23F3N2O2. The van der Waals surface area contributed by atoms with Crippen LogP contribution in [0.25, 0.3) is 0 Å². The van der Waals surface area contributed by atoms with E-state index in [0.717, 1.165) is 0 Å². The van der Waals surface area contributed by atoms with Crippen molar-refractivity contribution in [1.82, 2.24) is 10.2 Å². The molecule has 1 rings (SSSR count). The summed E-state index contributed by atoms with van der Waals surface area (Å²) < 4.78 is 41.9. The molecule has 0 bridgehead atoms. The van der Waals surface area contributed by atoms with Gasteiger partial charge in [-0.1, -0.05) is 20.8 Å². The van der Waals surface area contributed by atoms with Crippen LogP contribution in [0.5, 0.6) is 0 Å². The Kier molecular flexibility index (Phi) is 5.43. The molecule has 1 heterocycles. The molecule has 1 fully saturated rings. The number of halogens is 3. The molecule has 1 N–H and O–H groups in total. The zero-order chi connectivity index (χ0) is 15.6. The second kappa shape index (κ2) is 6.30. The van der Waals surface area contributed by atoms with Crippen LogP contribution < -0.4 is 5.32 Å². The minimum Gasteiger partial charge on any atom is -0.375 e. The highest BCUT2D eigenvalue weighted by molar-refractivity contribution is 5.81. The summed E-state index contributed by atoms with van der Waals surface area (Å²) in [5.74, 6) is -0.600. The van der Waals surface area contributed by atoms with Crippen LogP contribution in [0.1, 0.15) is 27.7 Å². The summed E-state index contributed by atoms with van der Waals surface area (Å²) in [5.41, 5.74) is -0.0686. The Balaban J connectivity index is 2.54. The highest BCUT2D eigenvalue weighted by Gasteiger charge is 2.35. The molecule has 0 aliphatic carbocycles. The second-order valence-corrected chi connectivity index (χ2v) is 6.23. The molecule has 0 unspecified atom stereocenters. The lowest BCUT2D eigenvalue weighted by molar-refractivity contribution is -0.144. The maximum atomic E-state index is 12.1. The number of nitrogens with one attached hydrogen (secondary N) is 1. The Hall–Kier alpha value is -0.820. The SMILES string of the molecule is C[C@@H](C(=O)NCC(F)(F)F)N1CCO[C@H](C(C)(C)C)C1. The van der Waals surface area contributed by atoms with Crippen LogP contribution in [0.15, 0.2) is 0 Å². The van der Waals surface area contributed by atoms with Crippen LogP contribution in [0.4, 0.5) is 13.2 Å². The number of morpholine rings is 1. The lowest BCUT2D eigenvalue weighted by atomic mass is 9.88. The summed E-state index contributed by atoms with van der Waals surface area (Å²) in [6.45, 7) is 8.02. The fraction of sp³-hybridized carbons (Fsp3) is 0.923. The van der Waals surface area contributed by atoms with Crippen LogP contribution in [0.3, 0.4) is 0 Å². The van der Waals surface area contributed by atoms with Crippen LogP contribution in [0, 0.1) is 5.41 Å². The van der Waals surface area contributed by atoms with Crippen LogP contribution in [-0.4, -0.2) is 55.4 Å². The minimum atomic E-state index is -4.38. The van der Waals surface area contributed by atoms with E-state index in [2.05, 4.69) is 0 Å². The Morgan fingerprint density at radius 3 is 2.50 bits per heavy atom. The monoisotopic (exact) mass is 296 g/mol. The normalized spacial score (nSPS) is 23.4. The first-order valence-corrected chi connectivity index (χ1v) is 6.71. The van der Waals surface area contributed by atoms with Crippen molar-refractivity contribution in [1.29, 1.82) is 0 Å². The third kappa shape index (κ3) is 5.28.